The summed E-state index contributed by atoms with van der Waals surface area (Å²) < 4.78 is 9.73. The number of rotatable bonds is 6. The van der Waals surface area contributed by atoms with Crippen molar-refractivity contribution in [2.75, 3.05) is 12.9 Å². The Kier molecular flexibility index (Phi) is 3.71. The first-order valence-corrected chi connectivity index (χ1v) is 6.73. The largest absolute Gasteiger partial charge is 0.469 e. The van der Waals surface area contributed by atoms with Gasteiger partial charge in [-0.05, 0) is 30.9 Å². The monoisotopic (exact) mass is 256 g/mol. The summed E-state index contributed by atoms with van der Waals surface area (Å²) in [6, 6.07) is 0. The summed E-state index contributed by atoms with van der Waals surface area (Å²) >= 11 is 1.74. The smallest absolute Gasteiger partial charge is 0.306 e. The van der Waals surface area contributed by atoms with Crippen LogP contribution in [0.4, 0.5) is 0 Å². The highest BCUT2D eigenvalue weighted by atomic mass is 32.2. The first kappa shape index (κ1) is 12.4. The number of aryl methyl sites for hydroxylation is 1. The molecule has 0 aromatic carbocycles. The molecule has 1 aliphatic carbocycles. The number of nitrogens with zero attached hydrogens (tertiary/aromatic N) is 2. The second-order valence-electron chi connectivity index (χ2n) is 4.48. The number of carbonyl (C=O) groups is 1. The van der Waals surface area contributed by atoms with Gasteiger partial charge in [0.25, 0.3) is 0 Å². The molecule has 94 valence electrons. The Balaban J connectivity index is 1.73. The van der Waals surface area contributed by atoms with E-state index in [1.165, 1.54) is 7.11 Å². The van der Waals surface area contributed by atoms with Gasteiger partial charge in [0.05, 0.1) is 19.3 Å². The van der Waals surface area contributed by atoms with E-state index in [4.69, 9.17) is 9.26 Å². The minimum Gasteiger partial charge on any atom is -0.469 e. The molecule has 0 atom stereocenters. The molecule has 0 spiro atoms. The van der Waals surface area contributed by atoms with Crippen molar-refractivity contribution < 1.29 is 14.1 Å². The van der Waals surface area contributed by atoms with Crippen molar-refractivity contribution in [3.63, 3.8) is 0 Å². The molecular weight excluding hydrogens is 240 g/mol. The number of ether oxygens (including phenoxy) is 1. The molecule has 0 aliphatic heterocycles. The molecule has 0 radical (unpaired) electrons. The van der Waals surface area contributed by atoms with Crippen LogP contribution >= 0.6 is 11.8 Å². The topological polar surface area (TPSA) is 65.2 Å². The van der Waals surface area contributed by atoms with Crippen LogP contribution in [0.3, 0.4) is 0 Å². The minimum atomic E-state index is -0.114. The Hall–Kier alpha value is -1.04. The lowest BCUT2D eigenvalue weighted by Crippen LogP contribution is -2.13. The third-order valence-corrected chi connectivity index (χ3v) is 4.18. The quantitative estimate of drug-likeness (QED) is 0.725. The minimum absolute atomic E-state index is 0.114. The molecule has 2 rings (SSSR count). The third kappa shape index (κ3) is 3.46. The SMILES string of the molecule is COC(=O)CC1(CSCc2nc(C)no2)CC1. The van der Waals surface area contributed by atoms with Gasteiger partial charge in [-0.25, -0.2) is 0 Å². The average Bonchev–Trinajstić information content (AvgIpc) is 2.93. The standard InChI is InChI=1S/C11H16N2O3S/c1-8-12-9(16-13-8)6-17-7-11(3-4-11)5-10(14)15-2/h3-7H2,1-2H3. The number of esters is 1. The maximum atomic E-state index is 11.2. The number of hydrogen-bond donors (Lipinski definition) is 0. The van der Waals surface area contributed by atoms with Crippen molar-refractivity contribution in [1.29, 1.82) is 0 Å². The molecule has 1 aliphatic rings. The number of hydrogen-bond acceptors (Lipinski definition) is 6. The molecule has 1 fully saturated rings. The van der Waals surface area contributed by atoms with Crippen LogP contribution in [0.15, 0.2) is 4.52 Å². The molecule has 0 bridgehead atoms. The van der Waals surface area contributed by atoms with Gasteiger partial charge in [-0.3, -0.25) is 4.79 Å². The van der Waals surface area contributed by atoms with Crippen LogP contribution in [0.25, 0.3) is 0 Å². The molecule has 1 aromatic heterocycles. The Labute approximate surface area is 104 Å². The van der Waals surface area contributed by atoms with Gasteiger partial charge in [0.1, 0.15) is 0 Å². The normalized spacial score (nSPS) is 16.8. The maximum absolute atomic E-state index is 11.2. The first-order chi connectivity index (χ1) is 8.13. The number of carbonyl (C=O) groups excluding carboxylic acids is 1. The fraction of sp³-hybridized carbons (Fsp3) is 0.727. The zero-order valence-corrected chi connectivity index (χ0v) is 10.9. The number of thioether (sulfide) groups is 1. The van der Waals surface area contributed by atoms with Gasteiger partial charge >= 0.3 is 5.97 Å². The number of methoxy groups -OCH3 is 1. The number of aromatic nitrogens is 2. The van der Waals surface area contributed by atoms with Crippen LogP contribution in [-0.4, -0.2) is 29.0 Å². The van der Waals surface area contributed by atoms with Gasteiger partial charge in [0.15, 0.2) is 5.82 Å². The van der Waals surface area contributed by atoms with Gasteiger partial charge < -0.3 is 9.26 Å². The van der Waals surface area contributed by atoms with Crippen molar-refractivity contribution in [3.8, 4) is 0 Å². The van der Waals surface area contributed by atoms with Gasteiger partial charge in [-0.2, -0.15) is 16.7 Å². The van der Waals surface area contributed by atoms with Crippen molar-refractivity contribution in [1.82, 2.24) is 10.1 Å². The maximum Gasteiger partial charge on any atom is 0.306 e. The van der Waals surface area contributed by atoms with E-state index in [0.717, 1.165) is 18.6 Å². The Morgan fingerprint density at radius 3 is 2.88 bits per heavy atom. The fourth-order valence-corrected chi connectivity index (χ4v) is 2.90. The first-order valence-electron chi connectivity index (χ1n) is 5.57. The highest BCUT2D eigenvalue weighted by Crippen LogP contribution is 2.51. The van der Waals surface area contributed by atoms with Crippen molar-refractivity contribution in [3.05, 3.63) is 11.7 Å². The molecule has 0 saturated heterocycles. The zero-order valence-electron chi connectivity index (χ0n) is 10.1. The Morgan fingerprint density at radius 2 is 2.35 bits per heavy atom. The lowest BCUT2D eigenvalue weighted by atomic mass is 10.1. The highest BCUT2D eigenvalue weighted by Gasteiger charge is 2.44. The van der Waals surface area contributed by atoms with E-state index in [9.17, 15) is 4.79 Å². The van der Waals surface area contributed by atoms with Crippen LogP contribution in [0.2, 0.25) is 0 Å². The van der Waals surface area contributed by atoms with Crippen LogP contribution < -0.4 is 0 Å². The second kappa shape index (κ2) is 5.08. The molecule has 6 heteroatoms. The zero-order chi connectivity index (χ0) is 12.3. The molecule has 0 N–H and O–H groups in total. The van der Waals surface area contributed by atoms with E-state index in [0.29, 0.717) is 23.9 Å². The van der Waals surface area contributed by atoms with Crippen molar-refractivity contribution in [2.45, 2.75) is 31.9 Å². The second-order valence-corrected chi connectivity index (χ2v) is 5.47. The van der Waals surface area contributed by atoms with Crippen molar-refractivity contribution >= 4 is 17.7 Å². The third-order valence-electron chi connectivity index (χ3n) is 2.91. The summed E-state index contributed by atoms with van der Waals surface area (Å²) in [5.41, 5.74) is 0.160. The van der Waals surface area contributed by atoms with Gasteiger partial charge in [-0.1, -0.05) is 5.16 Å². The average molecular weight is 256 g/mol. The summed E-state index contributed by atoms with van der Waals surface area (Å²) in [6.07, 6.45) is 2.75. The van der Waals surface area contributed by atoms with E-state index < -0.39 is 0 Å². The van der Waals surface area contributed by atoms with Crippen LogP contribution in [-0.2, 0) is 15.3 Å². The van der Waals surface area contributed by atoms with Crippen molar-refractivity contribution in [2.24, 2.45) is 5.41 Å². The lowest BCUT2D eigenvalue weighted by molar-refractivity contribution is -0.141. The summed E-state index contributed by atoms with van der Waals surface area (Å²) in [6.45, 7) is 1.80. The summed E-state index contributed by atoms with van der Waals surface area (Å²) in [4.78, 5) is 15.4. The molecule has 1 saturated carbocycles. The molecule has 0 amide bonds. The summed E-state index contributed by atoms with van der Waals surface area (Å²) in [5.74, 6) is 2.86. The summed E-state index contributed by atoms with van der Waals surface area (Å²) in [5, 5.41) is 3.74. The van der Waals surface area contributed by atoms with Crippen LogP contribution in [0.5, 0.6) is 0 Å². The van der Waals surface area contributed by atoms with E-state index in [1.807, 2.05) is 0 Å². The Bertz CT molecular complexity index is 401. The predicted molar refractivity (Wildman–Crippen MR) is 63.5 cm³/mol. The molecule has 17 heavy (non-hydrogen) atoms. The van der Waals surface area contributed by atoms with E-state index in [1.54, 1.807) is 18.7 Å². The highest BCUT2D eigenvalue weighted by molar-refractivity contribution is 7.98. The van der Waals surface area contributed by atoms with Crippen LogP contribution in [0, 0.1) is 12.3 Å². The molecule has 0 unspecified atom stereocenters. The van der Waals surface area contributed by atoms with Gasteiger partial charge in [0.2, 0.25) is 5.89 Å². The van der Waals surface area contributed by atoms with E-state index in [-0.39, 0.29) is 11.4 Å². The molecule has 1 heterocycles. The summed E-state index contributed by atoms with van der Waals surface area (Å²) in [7, 11) is 1.44. The van der Waals surface area contributed by atoms with Gasteiger partial charge in [0, 0.05) is 0 Å². The van der Waals surface area contributed by atoms with Gasteiger partial charge in [-0.15, -0.1) is 0 Å². The Morgan fingerprint density at radius 1 is 1.59 bits per heavy atom. The fourth-order valence-electron chi connectivity index (χ4n) is 1.68. The lowest BCUT2D eigenvalue weighted by Gasteiger charge is -2.11. The molecule has 5 nitrogen and oxygen atoms in total. The van der Waals surface area contributed by atoms with Crippen LogP contribution in [0.1, 0.15) is 31.0 Å². The molecular formula is C11H16N2O3S. The molecule has 1 aromatic rings. The van der Waals surface area contributed by atoms with E-state index >= 15 is 0 Å². The predicted octanol–water partition coefficient (Wildman–Crippen LogP) is 1.95. The van der Waals surface area contributed by atoms with E-state index in [2.05, 4.69) is 10.1 Å².